The van der Waals surface area contributed by atoms with Gasteiger partial charge >= 0.3 is 0 Å². The van der Waals surface area contributed by atoms with Gasteiger partial charge in [0.2, 0.25) is 0 Å². The first kappa shape index (κ1) is 18.2. The summed E-state index contributed by atoms with van der Waals surface area (Å²) in [6.07, 6.45) is 1.46. The highest BCUT2D eigenvalue weighted by Gasteiger charge is 2.11. The van der Waals surface area contributed by atoms with E-state index >= 15 is 0 Å². The number of hydrogen-bond acceptors (Lipinski definition) is 2. The average molecular weight is 411 g/mol. The van der Waals surface area contributed by atoms with Crippen molar-refractivity contribution in [2.24, 2.45) is 0 Å². The number of benzene rings is 3. The van der Waals surface area contributed by atoms with Crippen LogP contribution >= 0.6 is 35.4 Å². The second kappa shape index (κ2) is 7.81. The Morgan fingerprint density at radius 2 is 1.59 bits per heavy atom. The predicted octanol–water partition coefficient (Wildman–Crippen LogP) is 6.69. The molecule has 3 aromatic carbocycles. The number of aromatic amines is 1. The third-order valence-corrected chi connectivity index (χ3v) is 5.26. The molecule has 0 atom stereocenters. The van der Waals surface area contributed by atoms with Crippen LogP contribution in [0.5, 0.6) is 0 Å². The van der Waals surface area contributed by atoms with Crippen LogP contribution in [0.25, 0.3) is 22.4 Å². The smallest absolute Gasteiger partial charge is 0.140 e. The summed E-state index contributed by atoms with van der Waals surface area (Å²) in [5.74, 6) is 0.770. The number of halogens is 2. The lowest BCUT2D eigenvalue weighted by Crippen LogP contribution is -2.04. The number of rotatable bonds is 5. The molecule has 1 N–H and O–H groups in total. The Kier molecular flexibility index (Phi) is 5.26. The van der Waals surface area contributed by atoms with E-state index in [1.165, 1.54) is 0 Å². The molecule has 0 aliphatic rings. The van der Waals surface area contributed by atoms with Gasteiger partial charge in [-0.05, 0) is 47.5 Å². The number of nitrogens with zero attached hydrogens (tertiary/aromatic N) is 1. The molecule has 0 aliphatic heterocycles. The summed E-state index contributed by atoms with van der Waals surface area (Å²) < 4.78 is 0. The summed E-state index contributed by atoms with van der Waals surface area (Å²) in [6.45, 7) is 0. The quantitative estimate of drug-likeness (QED) is 0.371. The molecule has 0 saturated carbocycles. The fourth-order valence-corrected chi connectivity index (χ4v) is 3.73. The Bertz CT molecular complexity index is 1080. The molecule has 2 nitrogen and oxygen atoms in total. The van der Waals surface area contributed by atoms with Gasteiger partial charge in [-0.15, -0.1) is 0 Å². The molecule has 0 aliphatic carbocycles. The van der Waals surface area contributed by atoms with E-state index in [1.807, 2.05) is 60.7 Å². The summed E-state index contributed by atoms with van der Waals surface area (Å²) in [6, 6.07) is 21.7. The molecule has 0 radical (unpaired) electrons. The third-order valence-electron chi connectivity index (χ3n) is 4.39. The van der Waals surface area contributed by atoms with E-state index < -0.39 is 0 Å². The van der Waals surface area contributed by atoms with Crippen molar-refractivity contribution in [3.63, 3.8) is 0 Å². The molecule has 1 aromatic heterocycles. The molecule has 1 heterocycles. The molecule has 134 valence electrons. The van der Waals surface area contributed by atoms with Gasteiger partial charge < -0.3 is 4.98 Å². The number of para-hydroxylation sites is 2. The van der Waals surface area contributed by atoms with Crippen molar-refractivity contribution >= 4 is 51.3 Å². The molecule has 0 fully saturated rings. The second-order valence-electron chi connectivity index (χ2n) is 6.44. The monoisotopic (exact) mass is 410 g/mol. The lowest BCUT2D eigenvalue weighted by molar-refractivity contribution is 1.24. The molecule has 5 heteroatoms. The molecule has 27 heavy (non-hydrogen) atoms. The maximum atomic E-state index is 6.43. The van der Waals surface area contributed by atoms with Crippen molar-refractivity contribution in [3.8, 4) is 11.4 Å². The van der Waals surface area contributed by atoms with Crippen LogP contribution in [0.4, 0.5) is 0 Å². The molecule has 4 aromatic rings. The van der Waals surface area contributed by atoms with E-state index in [1.54, 1.807) is 0 Å². The van der Waals surface area contributed by atoms with Crippen LogP contribution in [0.1, 0.15) is 11.1 Å². The van der Waals surface area contributed by atoms with Gasteiger partial charge in [0.15, 0.2) is 0 Å². The van der Waals surface area contributed by atoms with Crippen molar-refractivity contribution in [2.45, 2.75) is 12.8 Å². The molecule has 4 rings (SSSR count). The van der Waals surface area contributed by atoms with Gasteiger partial charge in [0.1, 0.15) is 5.82 Å². The van der Waals surface area contributed by atoms with Gasteiger partial charge in [-0.2, -0.15) is 0 Å². The van der Waals surface area contributed by atoms with E-state index in [-0.39, 0.29) is 0 Å². The molecular weight excluding hydrogens is 395 g/mol. The molecular formula is C22H16Cl2N2S. The van der Waals surface area contributed by atoms with Crippen LogP contribution in [0.3, 0.4) is 0 Å². The lowest BCUT2D eigenvalue weighted by atomic mass is 10.0. The summed E-state index contributed by atoms with van der Waals surface area (Å²) in [5, 5.41) is 1.40. The second-order valence-corrected chi connectivity index (χ2v) is 7.86. The first-order valence-corrected chi connectivity index (χ1v) is 9.74. The third kappa shape index (κ3) is 4.22. The number of fused-ring (bicyclic) bond motifs is 1. The summed E-state index contributed by atoms with van der Waals surface area (Å²) in [5.41, 5.74) is 5.09. The van der Waals surface area contributed by atoms with E-state index in [2.05, 4.69) is 16.0 Å². The highest BCUT2D eigenvalue weighted by Crippen LogP contribution is 2.29. The zero-order chi connectivity index (χ0) is 18.8. The zero-order valence-electron chi connectivity index (χ0n) is 14.4. The van der Waals surface area contributed by atoms with E-state index in [0.717, 1.165) is 49.9 Å². The lowest BCUT2D eigenvalue weighted by Gasteiger charge is -2.08. The van der Waals surface area contributed by atoms with E-state index in [9.17, 15) is 0 Å². The van der Waals surface area contributed by atoms with Crippen molar-refractivity contribution in [3.05, 3.63) is 87.9 Å². The molecule has 0 bridgehead atoms. The number of nitrogens with one attached hydrogen (secondary N) is 1. The van der Waals surface area contributed by atoms with Crippen LogP contribution in [-0.4, -0.2) is 14.8 Å². The van der Waals surface area contributed by atoms with Gasteiger partial charge in [0, 0.05) is 28.3 Å². The normalized spacial score (nSPS) is 11.0. The van der Waals surface area contributed by atoms with Crippen LogP contribution < -0.4 is 0 Å². The van der Waals surface area contributed by atoms with Crippen LogP contribution in [0.2, 0.25) is 10.0 Å². The zero-order valence-corrected chi connectivity index (χ0v) is 16.7. The van der Waals surface area contributed by atoms with Gasteiger partial charge in [0.05, 0.1) is 16.1 Å². The van der Waals surface area contributed by atoms with Crippen molar-refractivity contribution in [2.75, 3.05) is 0 Å². The molecule has 0 spiro atoms. The Hall–Kier alpha value is -2.20. The number of hydrogen-bond donors (Lipinski definition) is 1. The highest BCUT2D eigenvalue weighted by atomic mass is 35.5. The average Bonchev–Trinajstić information content (AvgIpc) is 3.09. The Morgan fingerprint density at radius 1 is 0.889 bits per heavy atom. The van der Waals surface area contributed by atoms with E-state index in [0.29, 0.717) is 11.4 Å². The fraction of sp³-hybridized carbons (Fsp3) is 0.0909. The SMILES string of the molecule is S=C(Cc1ccc(Cl)cc1)Cc1ccc(Cl)c(-c2nc3ccccc3[nH]2)c1. The minimum absolute atomic E-state index is 0.668. The number of H-pyrrole nitrogens is 1. The van der Waals surface area contributed by atoms with Crippen LogP contribution in [0, 0.1) is 0 Å². The van der Waals surface area contributed by atoms with Crippen LogP contribution in [-0.2, 0) is 12.8 Å². The topological polar surface area (TPSA) is 28.7 Å². The predicted molar refractivity (Wildman–Crippen MR) is 118 cm³/mol. The number of aromatic nitrogens is 2. The number of thiocarbonyl (C=S) groups is 1. The standard InChI is InChI=1S/C22H16Cl2N2S/c23-16-8-5-14(6-9-16)11-17(27)12-15-7-10-19(24)18(13-15)22-25-20-3-1-2-4-21(20)26-22/h1-10,13H,11-12H2,(H,25,26). The Labute approximate surface area is 173 Å². The van der Waals surface area contributed by atoms with E-state index in [4.69, 9.17) is 35.4 Å². The van der Waals surface area contributed by atoms with Crippen molar-refractivity contribution in [1.29, 1.82) is 0 Å². The van der Waals surface area contributed by atoms with Crippen LogP contribution in [0.15, 0.2) is 66.7 Å². The first-order valence-electron chi connectivity index (χ1n) is 8.58. The largest absolute Gasteiger partial charge is 0.338 e. The molecule has 0 amide bonds. The molecule has 0 saturated heterocycles. The van der Waals surface area contributed by atoms with Gasteiger partial charge in [-0.1, -0.05) is 65.8 Å². The van der Waals surface area contributed by atoms with Crippen molar-refractivity contribution in [1.82, 2.24) is 9.97 Å². The minimum Gasteiger partial charge on any atom is -0.338 e. The van der Waals surface area contributed by atoms with Gasteiger partial charge in [-0.3, -0.25) is 0 Å². The Balaban J connectivity index is 1.56. The maximum Gasteiger partial charge on any atom is 0.140 e. The highest BCUT2D eigenvalue weighted by molar-refractivity contribution is 7.80. The number of imidazole rings is 1. The summed E-state index contributed by atoms with van der Waals surface area (Å²) in [4.78, 5) is 8.96. The summed E-state index contributed by atoms with van der Waals surface area (Å²) >= 11 is 18.0. The van der Waals surface area contributed by atoms with Gasteiger partial charge in [-0.25, -0.2) is 4.98 Å². The molecule has 0 unspecified atom stereocenters. The summed E-state index contributed by atoms with van der Waals surface area (Å²) in [7, 11) is 0. The Morgan fingerprint density at radius 3 is 2.37 bits per heavy atom. The van der Waals surface area contributed by atoms with Gasteiger partial charge in [0.25, 0.3) is 0 Å². The first-order chi connectivity index (χ1) is 13.1. The van der Waals surface area contributed by atoms with Crippen molar-refractivity contribution < 1.29 is 0 Å². The fourth-order valence-electron chi connectivity index (χ4n) is 3.06. The minimum atomic E-state index is 0.668. The maximum absolute atomic E-state index is 6.43.